The van der Waals surface area contributed by atoms with E-state index in [4.69, 9.17) is 16.7 Å². The van der Waals surface area contributed by atoms with Gasteiger partial charge in [-0.05, 0) is 25.5 Å². The van der Waals surface area contributed by atoms with Crippen LogP contribution in [0.1, 0.15) is 20.3 Å². The van der Waals surface area contributed by atoms with Crippen LogP contribution in [-0.4, -0.2) is 36.1 Å². The highest BCUT2D eigenvalue weighted by atomic mass is 35.5. The van der Waals surface area contributed by atoms with Crippen LogP contribution >= 0.6 is 11.6 Å². The summed E-state index contributed by atoms with van der Waals surface area (Å²) >= 11 is 6.19. The molecular formula is C16H20ClN7. The van der Waals surface area contributed by atoms with Gasteiger partial charge < -0.3 is 9.88 Å². The summed E-state index contributed by atoms with van der Waals surface area (Å²) in [5, 5.41) is 16.6. The fourth-order valence-corrected chi connectivity index (χ4v) is 2.78. The van der Waals surface area contributed by atoms with Gasteiger partial charge in [0.05, 0.1) is 5.56 Å². The predicted octanol–water partition coefficient (Wildman–Crippen LogP) is 3.24. The average molecular weight is 346 g/mol. The van der Waals surface area contributed by atoms with E-state index >= 15 is 0 Å². The largest absolute Gasteiger partial charge is 0.370 e. The van der Waals surface area contributed by atoms with Crippen LogP contribution in [0.2, 0.25) is 5.15 Å². The number of rotatable bonds is 6. The Kier molecular flexibility index (Phi) is 4.80. The molecule has 3 heterocycles. The Bertz CT molecular complexity index is 837. The number of hydrogen-bond donors (Lipinski definition) is 1. The quantitative estimate of drug-likeness (QED) is 0.694. The van der Waals surface area contributed by atoms with Crippen LogP contribution in [-0.2, 0) is 13.6 Å². The fourth-order valence-electron chi connectivity index (χ4n) is 2.57. The minimum atomic E-state index is 0.428. The molecule has 0 unspecified atom stereocenters. The topological polar surface area (TPSA) is 73.5 Å². The van der Waals surface area contributed by atoms with Crippen LogP contribution in [0.4, 0.5) is 5.82 Å². The first-order valence-corrected chi connectivity index (χ1v) is 8.33. The van der Waals surface area contributed by atoms with E-state index in [1.54, 1.807) is 6.33 Å². The lowest BCUT2D eigenvalue weighted by Gasteiger charge is -2.07. The fraction of sp³-hybridized carbons (Fsp3) is 0.375. The van der Waals surface area contributed by atoms with Gasteiger partial charge in [0.1, 0.15) is 23.0 Å². The molecule has 0 aliphatic carbocycles. The van der Waals surface area contributed by atoms with E-state index in [9.17, 15) is 0 Å². The third kappa shape index (κ3) is 3.26. The third-order valence-corrected chi connectivity index (χ3v) is 3.79. The molecule has 0 fully saturated rings. The molecule has 0 radical (unpaired) electrons. The summed E-state index contributed by atoms with van der Waals surface area (Å²) < 4.78 is 3.81. The van der Waals surface area contributed by atoms with Gasteiger partial charge in [-0.1, -0.05) is 18.5 Å². The Morgan fingerprint density at radius 2 is 2.08 bits per heavy atom. The van der Waals surface area contributed by atoms with Crippen molar-refractivity contribution in [2.24, 2.45) is 7.05 Å². The Balaban J connectivity index is 2.14. The molecule has 3 rings (SSSR count). The lowest BCUT2D eigenvalue weighted by Crippen LogP contribution is -2.00. The smallest absolute Gasteiger partial charge is 0.167 e. The van der Waals surface area contributed by atoms with E-state index in [-0.39, 0.29) is 0 Å². The molecule has 8 heteroatoms. The lowest BCUT2D eigenvalue weighted by atomic mass is 10.1. The number of nitrogens with one attached hydrogen (secondary N) is 1. The zero-order valence-electron chi connectivity index (χ0n) is 14.0. The van der Waals surface area contributed by atoms with Gasteiger partial charge in [-0.2, -0.15) is 5.10 Å². The van der Waals surface area contributed by atoms with E-state index in [2.05, 4.69) is 27.4 Å². The van der Waals surface area contributed by atoms with E-state index in [1.807, 2.05) is 41.5 Å². The average Bonchev–Trinajstić information content (AvgIpc) is 3.13. The van der Waals surface area contributed by atoms with E-state index in [0.29, 0.717) is 5.15 Å². The van der Waals surface area contributed by atoms with Crippen molar-refractivity contribution < 1.29 is 0 Å². The second-order valence-electron chi connectivity index (χ2n) is 5.51. The predicted molar refractivity (Wildman–Crippen MR) is 94.9 cm³/mol. The van der Waals surface area contributed by atoms with Crippen molar-refractivity contribution in [2.75, 3.05) is 11.9 Å². The van der Waals surface area contributed by atoms with Gasteiger partial charge in [-0.3, -0.25) is 4.68 Å². The number of nitrogens with zero attached hydrogens (tertiary/aromatic N) is 6. The van der Waals surface area contributed by atoms with E-state index < -0.39 is 0 Å². The first-order valence-electron chi connectivity index (χ1n) is 7.96. The number of hydrogen-bond acceptors (Lipinski definition) is 5. The van der Waals surface area contributed by atoms with Gasteiger partial charge in [-0.25, -0.2) is 4.98 Å². The van der Waals surface area contributed by atoms with Crippen LogP contribution in [0.3, 0.4) is 0 Å². The SMILES string of the molecule is CCCn1cc(-c2nncn2C)c(-c2cc(Cl)nc(NCC)c2)n1. The van der Waals surface area contributed by atoms with Crippen molar-refractivity contribution in [2.45, 2.75) is 26.8 Å². The molecule has 24 heavy (non-hydrogen) atoms. The van der Waals surface area contributed by atoms with Gasteiger partial charge >= 0.3 is 0 Å². The van der Waals surface area contributed by atoms with Gasteiger partial charge in [0.2, 0.25) is 0 Å². The summed E-state index contributed by atoms with van der Waals surface area (Å²) in [4.78, 5) is 4.29. The zero-order valence-corrected chi connectivity index (χ0v) is 14.7. The van der Waals surface area contributed by atoms with Gasteiger partial charge in [0, 0.05) is 31.9 Å². The number of pyridine rings is 1. The van der Waals surface area contributed by atoms with Crippen molar-refractivity contribution in [3.63, 3.8) is 0 Å². The maximum Gasteiger partial charge on any atom is 0.167 e. The molecule has 0 amide bonds. The molecule has 3 aromatic heterocycles. The summed E-state index contributed by atoms with van der Waals surface area (Å²) in [6.07, 6.45) is 4.68. The van der Waals surface area contributed by atoms with E-state index in [1.165, 1.54) is 0 Å². The second kappa shape index (κ2) is 7.00. The third-order valence-electron chi connectivity index (χ3n) is 3.59. The molecule has 3 aromatic rings. The lowest BCUT2D eigenvalue weighted by molar-refractivity contribution is 0.604. The number of aromatic nitrogens is 6. The van der Waals surface area contributed by atoms with Gasteiger partial charge in [0.15, 0.2) is 5.82 Å². The molecule has 0 aliphatic rings. The highest BCUT2D eigenvalue weighted by Crippen LogP contribution is 2.32. The van der Waals surface area contributed by atoms with Crippen LogP contribution in [0.15, 0.2) is 24.7 Å². The minimum absolute atomic E-state index is 0.428. The summed E-state index contributed by atoms with van der Waals surface area (Å²) in [6.45, 7) is 5.75. The maximum atomic E-state index is 6.19. The summed E-state index contributed by atoms with van der Waals surface area (Å²) in [7, 11) is 1.92. The highest BCUT2D eigenvalue weighted by molar-refractivity contribution is 6.29. The minimum Gasteiger partial charge on any atom is -0.370 e. The summed E-state index contributed by atoms with van der Waals surface area (Å²) in [6, 6.07) is 3.77. The highest BCUT2D eigenvalue weighted by Gasteiger charge is 2.18. The molecule has 0 saturated heterocycles. The molecule has 0 spiro atoms. The number of halogens is 1. The van der Waals surface area contributed by atoms with Crippen LogP contribution in [0.25, 0.3) is 22.6 Å². The Morgan fingerprint density at radius 3 is 2.75 bits per heavy atom. The monoisotopic (exact) mass is 345 g/mol. The zero-order chi connectivity index (χ0) is 17.1. The molecular weight excluding hydrogens is 326 g/mol. The van der Waals surface area contributed by atoms with Crippen molar-refractivity contribution in [1.82, 2.24) is 29.5 Å². The standard InChI is InChI=1S/C16H20ClN7/c1-4-6-24-9-12(16-21-19-10-23(16)3)15(22-24)11-7-13(17)20-14(8-11)18-5-2/h7-10H,4-6H2,1-3H3,(H,18,20). The Morgan fingerprint density at radius 1 is 1.25 bits per heavy atom. The van der Waals surface area contributed by atoms with E-state index in [0.717, 1.165) is 48.0 Å². The number of aryl methyl sites for hydroxylation is 2. The normalized spacial score (nSPS) is 11.0. The van der Waals surface area contributed by atoms with Crippen molar-refractivity contribution in [1.29, 1.82) is 0 Å². The molecule has 0 bridgehead atoms. The van der Waals surface area contributed by atoms with Crippen LogP contribution in [0.5, 0.6) is 0 Å². The Labute approximate surface area is 145 Å². The second-order valence-corrected chi connectivity index (χ2v) is 5.90. The van der Waals surface area contributed by atoms with Crippen LogP contribution in [0, 0.1) is 0 Å². The molecule has 0 saturated carbocycles. The van der Waals surface area contributed by atoms with Gasteiger partial charge in [-0.15, -0.1) is 10.2 Å². The molecule has 126 valence electrons. The summed E-state index contributed by atoms with van der Waals surface area (Å²) in [5.41, 5.74) is 2.65. The van der Waals surface area contributed by atoms with Crippen molar-refractivity contribution >= 4 is 17.4 Å². The molecule has 0 atom stereocenters. The molecule has 7 nitrogen and oxygen atoms in total. The summed E-state index contributed by atoms with van der Waals surface area (Å²) in [5.74, 6) is 1.50. The first kappa shape index (κ1) is 16.4. The first-order chi connectivity index (χ1) is 11.6. The van der Waals surface area contributed by atoms with Crippen LogP contribution < -0.4 is 5.32 Å². The Hall–Kier alpha value is -2.41. The molecule has 0 aromatic carbocycles. The van der Waals surface area contributed by atoms with Gasteiger partial charge in [0.25, 0.3) is 0 Å². The van der Waals surface area contributed by atoms with Crippen molar-refractivity contribution in [3.05, 3.63) is 29.8 Å². The van der Waals surface area contributed by atoms with Crippen molar-refractivity contribution in [3.8, 4) is 22.6 Å². The molecule has 0 aliphatic heterocycles. The molecule has 1 N–H and O–H groups in total. The number of anilines is 1. The maximum absolute atomic E-state index is 6.19.